The second kappa shape index (κ2) is 5.41. The molecule has 2 fully saturated rings. The minimum atomic E-state index is 0.0461. The third-order valence-electron chi connectivity index (χ3n) is 5.11. The van der Waals surface area contributed by atoms with Crippen molar-refractivity contribution in [3.63, 3.8) is 0 Å². The van der Waals surface area contributed by atoms with Gasteiger partial charge in [0.1, 0.15) is 5.60 Å². The van der Waals surface area contributed by atoms with E-state index in [9.17, 15) is 0 Å². The summed E-state index contributed by atoms with van der Waals surface area (Å²) >= 11 is 1.90. The fourth-order valence-electron chi connectivity index (χ4n) is 3.92. The van der Waals surface area contributed by atoms with E-state index in [0.29, 0.717) is 0 Å². The average Bonchev–Trinajstić information content (AvgIpc) is 3.13. The van der Waals surface area contributed by atoms with Crippen molar-refractivity contribution in [2.75, 3.05) is 39.5 Å². The second-order valence-electron chi connectivity index (χ2n) is 6.40. The molecule has 4 heterocycles. The zero-order chi connectivity index (χ0) is 13.4. The van der Waals surface area contributed by atoms with Gasteiger partial charge in [0, 0.05) is 31.1 Å². The molecular formula is C16H23NO2S. The standard InChI is InChI=1S/C16H23NO2S/c1-8-18-12-13(1)11-17-6-4-16(5-7-17)15-14(2-9-19-16)3-10-20-15/h3,10,13H,1-2,4-9,11-12H2. The monoisotopic (exact) mass is 293 g/mol. The fraction of sp³-hybridized carbons (Fsp3) is 0.750. The molecule has 4 rings (SSSR count). The lowest BCUT2D eigenvalue weighted by Crippen LogP contribution is -2.47. The Balaban J connectivity index is 1.42. The van der Waals surface area contributed by atoms with Gasteiger partial charge in [-0.15, -0.1) is 11.3 Å². The number of thiophene rings is 1. The van der Waals surface area contributed by atoms with Crippen LogP contribution in [0.4, 0.5) is 0 Å². The minimum Gasteiger partial charge on any atom is -0.381 e. The highest BCUT2D eigenvalue weighted by molar-refractivity contribution is 7.10. The van der Waals surface area contributed by atoms with Gasteiger partial charge in [0.15, 0.2) is 0 Å². The van der Waals surface area contributed by atoms with E-state index in [1.54, 1.807) is 5.56 Å². The third kappa shape index (κ3) is 2.33. The zero-order valence-electron chi connectivity index (χ0n) is 12.0. The molecule has 110 valence electrons. The van der Waals surface area contributed by atoms with Gasteiger partial charge in [-0.1, -0.05) is 0 Å². The molecule has 4 heteroatoms. The number of hydrogen-bond acceptors (Lipinski definition) is 4. The molecule has 0 N–H and O–H groups in total. The van der Waals surface area contributed by atoms with Crippen molar-refractivity contribution in [2.24, 2.45) is 5.92 Å². The van der Waals surface area contributed by atoms with Gasteiger partial charge in [-0.3, -0.25) is 0 Å². The fourth-order valence-corrected chi connectivity index (χ4v) is 5.08. The Morgan fingerprint density at radius 1 is 1.30 bits per heavy atom. The summed E-state index contributed by atoms with van der Waals surface area (Å²) in [6, 6.07) is 2.30. The normalized spacial score (nSPS) is 29.7. The van der Waals surface area contributed by atoms with E-state index in [0.717, 1.165) is 45.0 Å². The lowest BCUT2D eigenvalue weighted by Gasteiger charge is -2.44. The van der Waals surface area contributed by atoms with Crippen LogP contribution in [-0.2, 0) is 21.5 Å². The summed E-state index contributed by atoms with van der Waals surface area (Å²) in [5.74, 6) is 0.758. The van der Waals surface area contributed by atoms with E-state index in [4.69, 9.17) is 9.47 Å². The smallest absolute Gasteiger partial charge is 0.105 e. The molecular weight excluding hydrogens is 270 g/mol. The molecule has 2 saturated heterocycles. The van der Waals surface area contributed by atoms with Crippen LogP contribution in [0.2, 0.25) is 0 Å². The number of rotatable bonds is 2. The lowest BCUT2D eigenvalue weighted by atomic mass is 9.85. The molecule has 3 nitrogen and oxygen atoms in total. The molecule has 0 aromatic carbocycles. The SMILES string of the molecule is c1cc2c(s1)C1(CCN(CC3CCOC3)CC1)OCC2. The first kappa shape index (κ1) is 13.3. The Morgan fingerprint density at radius 3 is 3.00 bits per heavy atom. The Hall–Kier alpha value is -0.420. The number of nitrogens with zero attached hydrogens (tertiary/aromatic N) is 1. The first-order valence-corrected chi connectivity index (χ1v) is 8.75. The second-order valence-corrected chi connectivity index (χ2v) is 7.31. The molecule has 0 saturated carbocycles. The van der Waals surface area contributed by atoms with Crippen LogP contribution in [0, 0.1) is 5.92 Å². The molecule has 0 radical (unpaired) electrons. The van der Waals surface area contributed by atoms with E-state index in [1.165, 1.54) is 30.9 Å². The third-order valence-corrected chi connectivity index (χ3v) is 6.26. The summed E-state index contributed by atoms with van der Waals surface area (Å²) < 4.78 is 11.8. The van der Waals surface area contributed by atoms with Crippen molar-refractivity contribution in [1.82, 2.24) is 4.90 Å². The van der Waals surface area contributed by atoms with Crippen molar-refractivity contribution >= 4 is 11.3 Å². The summed E-state index contributed by atoms with van der Waals surface area (Å²) in [4.78, 5) is 4.14. The Bertz CT molecular complexity index is 459. The van der Waals surface area contributed by atoms with Gasteiger partial charge in [0.2, 0.25) is 0 Å². The zero-order valence-corrected chi connectivity index (χ0v) is 12.8. The maximum atomic E-state index is 6.27. The highest BCUT2D eigenvalue weighted by Crippen LogP contribution is 2.44. The quantitative estimate of drug-likeness (QED) is 0.837. The molecule has 1 aromatic rings. The highest BCUT2D eigenvalue weighted by Gasteiger charge is 2.41. The molecule has 3 aliphatic heterocycles. The molecule has 3 aliphatic rings. The van der Waals surface area contributed by atoms with Crippen molar-refractivity contribution in [1.29, 1.82) is 0 Å². The molecule has 1 atom stereocenters. The predicted octanol–water partition coefficient (Wildman–Crippen LogP) is 2.65. The van der Waals surface area contributed by atoms with Gasteiger partial charge in [-0.25, -0.2) is 0 Å². The molecule has 1 aromatic heterocycles. The number of ether oxygens (including phenoxy) is 2. The van der Waals surface area contributed by atoms with Crippen molar-refractivity contribution in [2.45, 2.75) is 31.3 Å². The van der Waals surface area contributed by atoms with E-state index in [2.05, 4.69) is 16.3 Å². The first-order valence-electron chi connectivity index (χ1n) is 7.87. The van der Waals surface area contributed by atoms with Gasteiger partial charge in [0.25, 0.3) is 0 Å². The molecule has 1 spiro atoms. The van der Waals surface area contributed by atoms with Gasteiger partial charge >= 0.3 is 0 Å². The Kier molecular flexibility index (Phi) is 3.59. The van der Waals surface area contributed by atoms with Crippen LogP contribution in [0.1, 0.15) is 29.7 Å². The summed E-state index contributed by atoms with van der Waals surface area (Å²) in [6.45, 7) is 6.40. The highest BCUT2D eigenvalue weighted by atomic mass is 32.1. The summed E-state index contributed by atoms with van der Waals surface area (Å²) in [5, 5.41) is 2.24. The average molecular weight is 293 g/mol. The number of piperidine rings is 1. The molecule has 0 aliphatic carbocycles. The summed E-state index contributed by atoms with van der Waals surface area (Å²) in [6.07, 6.45) is 4.67. The van der Waals surface area contributed by atoms with Gasteiger partial charge < -0.3 is 14.4 Å². The van der Waals surface area contributed by atoms with E-state index in [1.807, 2.05) is 11.3 Å². The van der Waals surface area contributed by atoms with Gasteiger partial charge in [0.05, 0.1) is 13.2 Å². The van der Waals surface area contributed by atoms with Crippen molar-refractivity contribution < 1.29 is 9.47 Å². The lowest BCUT2D eigenvalue weighted by molar-refractivity contribution is -0.0963. The Morgan fingerprint density at radius 2 is 2.20 bits per heavy atom. The van der Waals surface area contributed by atoms with E-state index in [-0.39, 0.29) is 5.60 Å². The van der Waals surface area contributed by atoms with E-state index >= 15 is 0 Å². The molecule has 0 amide bonds. The van der Waals surface area contributed by atoms with Crippen LogP contribution in [0.5, 0.6) is 0 Å². The topological polar surface area (TPSA) is 21.7 Å². The largest absolute Gasteiger partial charge is 0.381 e. The Labute approximate surface area is 124 Å². The van der Waals surface area contributed by atoms with Crippen LogP contribution < -0.4 is 0 Å². The number of hydrogen-bond donors (Lipinski definition) is 0. The van der Waals surface area contributed by atoms with Crippen molar-refractivity contribution in [3.8, 4) is 0 Å². The van der Waals surface area contributed by atoms with Crippen LogP contribution >= 0.6 is 11.3 Å². The predicted molar refractivity (Wildman–Crippen MR) is 80.3 cm³/mol. The summed E-state index contributed by atoms with van der Waals surface area (Å²) in [7, 11) is 0. The first-order chi connectivity index (χ1) is 9.86. The van der Waals surface area contributed by atoms with Gasteiger partial charge in [-0.05, 0) is 48.6 Å². The maximum absolute atomic E-state index is 6.27. The molecule has 20 heavy (non-hydrogen) atoms. The molecule has 1 unspecified atom stereocenters. The van der Waals surface area contributed by atoms with Crippen LogP contribution in [0.25, 0.3) is 0 Å². The number of likely N-dealkylation sites (tertiary alicyclic amines) is 1. The number of fused-ring (bicyclic) bond motifs is 2. The van der Waals surface area contributed by atoms with E-state index < -0.39 is 0 Å². The van der Waals surface area contributed by atoms with Crippen LogP contribution in [0.15, 0.2) is 11.4 Å². The van der Waals surface area contributed by atoms with Crippen LogP contribution in [-0.4, -0.2) is 44.4 Å². The summed E-state index contributed by atoms with van der Waals surface area (Å²) in [5.41, 5.74) is 1.59. The van der Waals surface area contributed by atoms with Crippen LogP contribution in [0.3, 0.4) is 0 Å². The van der Waals surface area contributed by atoms with Crippen molar-refractivity contribution in [3.05, 3.63) is 21.9 Å². The maximum Gasteiger partial charge on any atom is 0.105 e. The van der Waals surface area contributed by atoms with Gasteiger partial charge in [-0.2, -0.15) is 0 Å². The molecule has 0 bridgehead atoms. The minimum absolute atomic E-state index is 0.0461.